The van der Waals surface area contributed by atoms with Crippen LogP contribution < -0.4 is 9.64 Å². The van der Waals surface area contributed by atoms with Crippen LogP contribution in [-0.4, -0.2) is 57.1 Å². The van der Waals surface area contributed by atoms with Crippen LogP contribution in [0.3, 0.4) is 0 Å². The number of anilines is 1. The predicted octanol–water partition coefficient (Wildman–Crippen LogP) is 3.28. The topological polar surface area (TPSA) is 54.4 Å². The molecule has 28 heavy (non-hydrogen) atoms. The van der Waals surface area contributed by atoms with Crippen LogP contribution in [0.4, 0.5) is 11.4 Å². The minimum absolute atomic E-state index is 0.123. The highest BCUT2D eigenvalue weighted by Crippen LogP contribution is 2.33. The number of ether oxygens (including phenoxy) is 2. The number of likely N-dealkylation sites (N-methyl/N-ethyl adjacent to an activating group) is 1. The number of fused-ring (bicyclic) bond motifs is 1. The Morgan fingerprint density at radius 3 is 2.68 bits per heavy atom. The molecule has 0 amide bonds. The highest BCUT2D eigenvalue weighted by Gasteiger charge is 2.26. The molecular formula is C22H25N3O3. The Morgan fingerprint density at radius 1 is 1.18 bits per heavy atom. The van der Waals surface area contributed by atoms with Gasteiger partial charge in [0.2, 0.25) is 0 Å². The normalized spacial score (nSPS) is 17.9. The van der Waals surface area contributed by atoms with Gasteiger partial charge in [-0.2, -0.15) is 0 Å². The zero-order valence-electron chi connectivity index (χ0n) is 16.5. The Morgan fingerprint density at radius 2 is 1.96 bits per heavy atom. The van der Waals surface area contributed by atoms with E-state index < -0.39 is 0 Å². The van der Waals surface area contributed by atoms with Crippen LogP contribution in [0.25, 0.3) is 0 Å². The molecule has 2 aliphatic heterocycles. The first-order valence-corrected chi connectivity index (χ1v) is 9.51. The number of carbonyl (C=O) groups is 1. The van der Waals surface area contributed by atoms with E-state index in [1.165, 1.54) is 18.4 Å². The van der Waals surface area contributed by atoms with Crippen molar-refractivity contribution >= 4 is 23.2 Å². The summed E-state index contributed by atoms with van der Waals surface area (Å²) in [4.78, 5) is 20.7. The van der Waals surface area contributed by atoms with Crippen molar-refractivity contribution in [1.29, 1.82) is 0 Å². The van der Waals surface area contributed by atoms with E-state index in [0.29, 0.717) is 5.56 Å². The molecular weight excluding hydrogens is 354 g/mol. The fourth-order valence-electron chi connectivity index (χ4n) is 3.65. The van der Waals surface area contributed by atoms with Gasteiger partial charge in [0.25, 0.3) is 0 Å². The maximum atomic E-state index is 11.5. The lowest BCUT2D eigenvalue weighted by molar-refractivity contribution is 0.0600. The van der Waals surface area contributed by atoms with Crippen molar-refractivity contribution in [2.75, 3.05) is 39.2 Å². The van der Waals surface area contributed by atoms with Gasteiger partial charge in [0.1, 0.15) is 17.7 Å². The first-order chi connectivity index (χ1) is 13.5. The number of methoxy groups -OCH3 is 1. The predicted molar refractivity (Wildman–Crippen MR) is 110 cm³/mol. The fourth-order valence-corrected chi connectivity index (χ4v) is 3.65. The molecule has 2 aromatic rings. The molecule has 0 aromatic heterocycles. The summed E-state index contributed by atoms with van der Waals surface area (Å²) in [7, 11) is 5.45. The van der Waals surface area contributed by atoms with E-state index in [2.05, 4.69) is 28.0 Å². The second-order valence-corrected chi connectivity index (χ2v) is 7.40. The summed E-state index contributed by atoms with van der Waals surface area (Å²) in [6, 6.07) is 13.7. The summed E-state index contributed by atoms with van der Waals surface area (Å²) in [5.74, 6) is 1.54. The second-order valence-electron chi connectivity index (χ2n) is 7.40. The molecule has 0 bridgehead atoms. The van der Waals surface area contributed by atoms with Gasteiger partial charge in [-0.3, -0.25) is 0 Å². The highest BCUT2D eigenvalue weighted by molar-refractivity contribution is 5.92. The van der Waals surface area contributed by atoms with Crippen molar-refractivity contribution in [2.24, 2.45) is 4.99 Å². The number of hydrogen-bond donors (Lipinski definition) is 0. The minimum Gasteiger partial charge on any atom is -0.489 e. The van der Waals surface area contributed by atoms with E-state index in [1.54, 1.807) is 12.1 Å². The molecule has 0 spiro atoms. The third kappa shape index (κ3) is 3.67. The standard InChI is InChI=1S/C22H25N3O3/c1-24(2)21-12-16-4-7-17(13-20(16)23-21)25-11-10-19(14-25)28-18-8-5-15(6-9-18)22(26)27-3/h4-9,13,19H,10-12,14H2,1-3H3. The molecule has 2 aromatic carbocycles. The number of nitrogens with zero attached hydrogens (tertiary/aromatic N) is 3. The van der Waals surface area contributed by atoms with Gasteiger partial charge in [-0.05, 0) is 42.0 Å². The summed E-state index contributed by atoms with van der Waals surface area (Å²) in [6.07, 6.45) is 1.98. The van der Waals surface area contributed by atoms with Crippen molar-refractivity contribution in [2.45, 2.75) is 18.9 Å². The van der Waals surface area contributed by atoms with Crippen molar-refractivity contribution in [3.8, 4) is 5.75 Å². The number of aliphatic imine (C=N–C) groups is 1. The molecule has 0 saturated carbocycles. The number of carbonyl (C=O) groups excluding carboxylic acids is 1. The Hall–Kier alpha value is -3.02. The first kappa shape index (κ1) is 18.3. The van der Waals surface area contributed by atoms with Gasteiger partial charge in [-0.15, -0.1) is 0 Å². The smallest absolute Gasteiger partial charge is 0.337 e. The number of rotatable bonds is 4. The van der Waals surface area contributed by atoms with Crippen LogP contribution in [0.1, 0.15) is 22.3 Å². The number of amidine groups is 1. The third-order valence-electron chi connectivity index (χ3n) is 5.27. The maximum Gasteiger partial charge on any atom is 0.337 e. The molecule has 1 fully saturated rings. The van der Waals surface area contributed by atoms with Gasteiger partial charge in [0, 0.05) is 39.2 Å². The molecule has 2 aliphatic rings. The zero-order chi connectivity index (χ0) is 19.7. The van der Waals surface area contributed by atoms with Crippen LogP contribution in [0.2, 0.25) is 0 Å². The molecule has 4 rings (SSSR count). The van der Waals surface area contributed by atoms with Crippen LogP contribution >= 0.6 is 0 Å². The second kappa shape index (κ2) is 7.54. The Bertz CT molecular complexity index is 906. The van der Waals surface area contributed by atoms with Gasteiger partial charge in [-0.25, -0.2) is 9.79 Å². The lowest BCUT2D eigenvalue weighted by atomic mass is 10.1. The lowest BCUT2D eigenvalue weighted by Crippen LogP contribution is -2.24. The van der Waals surface area contributed by atoms with Crippen molar-refractivity contribution in [3.05, 3.63) is 53.6 Å². The monoisotopic (exact) mass is 379 g/mol. The molecule has 1 saturated heterocycles. The van der Waals surface area contributed by atoms with Crippen LogP contribution in [-0.2, 0) is 11.2 Å². The van der Waals surface area contributed by atoms with E-state index in [0.717, 1.165) is 43.2 Å². The van der Waals surface area contributed by atoms with Gasteiger partial charge in [0.05, 0.1) is 24.9 Å². The Balaban J connectivity index is 1.40. The van der Waals surface area contributed by atoms with Crippen LogP contribution in [0, 0.1) is 0 Å². The minimum atomic E-state index is -0.338. The zero-order valence-corrected chi connectivity index (χ0v) is 16.5. The van der Waals surface area contributed by atoms with Gasteiger partial charge < -0.3 is 19.3 Å². The fraction of sp³-hybridized carbons (Fsp3) is 0.364. The van der Waals surface area contributed by atoms with Crippen molar-refractivity contribution < 1.29 is 14.3 Å². The van der Waals surface area contributed by atoms with Gasteiger partial charge >= 0.3 is 5.97 Å². The molecule has 0 aliphatic carbocycles. The van der Waals surface area contributed by atoms with Crippen LogP contribution in [0.15, 0.2) is 47.5 Å². The summed E-state index contributed by atoms with van der Waals surface area (Å²) in [5.41, 5.74) is 4.07. The SMILES string of the molecule is COC(=O)c1ccc(OC2CCN(c3ccc4c(c3)N=C(N(C)C)C4)C2)cc1. The molecule has 1 atom stereocenters. The van der Waals surface area contributed by atoms with Crippen molar-refractivity contribution in [3.63, 3.8) is 0 Å². The largest absolute Gasteiger partial charge is 0.489 e. The molecule has 6 nitrogen and oxygen atoms in total. The highest BCUT2D eigenvalue weighted by atomic mass is 16.5. The summed E-state index contributed by atoms with van der Waals surface area (Å²) in [6.45, 7) is 1.79. The van der Waals surface area contributed by atoms with E-state index in [1.807, 2.05) is 26.2 Å². The molecule has 6 heteroatoms. The maximum absolute atomic E-state index is 11.5. The van der Waals surface area contributed by atoms with Crippen LogP contribution in [0.5, 0.6) is 5.75 Å². The molecule has 1 unspecified atom stereocenters. The third-order valence-corrected chi connectivity index (χ3v) is 5.27. The van der Waals surface area contributed by atoms with Gasteiger partial charge in [0.15, 0.2) is 0 Å². The average Bonchev–Trinajstić information content (AvgIpc) is 3.34. The summed E-state index contributed by atoms with van der Waals surface area (Å²) in [5, 5.41) is 0. The molecule has 146 valence electrons. The van der Waals surface area contributed by atoms with Gasteiger partial charge in [-0.1, -0.05) is 6.07 Å². The number of benzene rings is 2. The lowest BCUT2D eigenvalue weighted by Gasteiger charge is -2.19. The van der Waals surface area contributed by atoms with E-state index in [-0.39, 0.29) is 12.1 Å². The first-order valence-electron chi connectivity index (χ1n) is 9.51. The quantitative estimate of drug-likeness (QED) is 0.763. The number of hydrogen-bond acceptors (Lipinski definition) is 6. The summed E-state index contributed by atoms with van der Waals surface area (Å²) >= 11 is 0. The molecule has 2 heterocycles. The molecule has 0 radical (unpaired) electrons. The van der Waals surface area contributed by atoms with Crippen molar-refractivity contribution in [1.82, 2.24) is 4.90 Å². The Kier molecular flexibility index (Phi) is 4.94. The average molecular weight is 379 g/mol. The Labute approximate surface area is 165 Å². The van der Waals surface area contributed by atoms with E-state index in [9.17, 15) is 4.79 Å². The van der Waals surface area contributed by atoms with E-state index in [4.69, 9.17) is 14.5 Å². The molecule has 0 N–H and O–H groups in total. The van der Waals surface area contributed by atoms with E-state index >= 15 is 0 Å². The number of esters is 1. The summed E-state index contributed by atoms with van der Waals surface area (Å²) < 4.78 is 10.8.